The molecule has 0 aliphatic carbocycles. The summed E-state index contributed by atoms with van der Waals surface area (Å²) in [6.45, 7) is 1.57. The van der Waals surface area contributed by atoms with E-state index in [1.54, 1.807) is 6.92 Å². The van der Waals surface area contributed by atoms with E-state index in [1.807, 2.05) is 0 Å². The highest BCUT2D eigenvalue weighted by Gasteiger charge is 2.21. The van der Waals surface area contributed by atoms with Gasteiger partial charge in [-0.2, -0.15) is 0 Å². The third-order valence-corrected chi connectivity index (χ3v) is 3.56. The number of carbonyl (C=O) groups is 1. The quantitative estimate of drug-likeness (QED) is 0.377. The number of ether oxygens (including phenoxy) is 1. The fourth-order valence-corrected chi connectivity index (χ4v) is 2.19. The van der Waals surface area contributed by atoms with E-state index in [4.69, 9.17) is 20.8 Å². The van der Waals surface area contributed by atoms with Gasteiger partial charge in [-0.05, 0) is 31.2 Å². The maximum Gasteiger partial charge on any atom is 0.357 e. The minimum absolute atomic E-state index is 0.0511. The second kappa shape index (κ2) is 7.28. The maximum atomic E-state index is 12.1. The lowest BCUT2D eigenvalue weighted by Crippen LogP contribution is -2.11. The van der Waals surface area contributed by atoms with Gasteiger partial charge in [0.25, 0.3) is 11.6 Å². The lowest BCUT2D eigenvalue weighted by atomic mass is 10.2. The smallest absolute Gasteiger partial charge is 0.357 e. The van der Waals surface area contributed by atoms with Gasteiger partial charge in [-0.1, -0.05) is 11.6 Å². The zero-order valence-electron chi connectivity index (χ0n) is 13.3. The van der Waals surface area contributed by atoms with Crippen LogP contribution in [0.25, 0.3) is 11.5 Å². The lowest BCUT2D eigenvalue weighted by Gasteiger charge is -2.08. The highest BCUT2D eigenvalue weighted by molar-refractivity contribution is 6.30. The van der Waals surface area contributed by atoms with Crippen molar-refractivity contribution in [2.45, 2.75) is 13.0 Å². The molecule has 0 bridgehead atoms. The first kappa shape index (κ1) is 17.5. The number of halogens is 1. The standard InChI is InChI=1S/C16H11ClN4O5/c1-9(25-16(22)13-8-11(17)6-7-18-13)14-19-20-15(26-14)10-2-4-12(5-3-10)21(23)24/h2-9H,1H3/t9-/m0/s1. The van der Waals surface area contributed by atoms with E-state index in [0.717, 1.165) is 0 Å². The first-order chi connectivity index (χ1) is 12.4. The Morgan fingerprint density at radius 1 is 1.27 bits per heavy atom. The molecular weight excluding hydrogens is 364 g/mol. The number of aromatic nitrogens is 3. The molecule has 0 fully saturated rings. The van der Waals surface area contributed by atoms with Gasteiger partial charge in [0.15, 0.2) is 6.10 Å². The summed E-state index contributed by atoms with van der Waals surface area (Å²) in [6.07, 6.45) is 0.575. The second-order valence-electron chi connectivity index (χ2n) is 5.16. The molecular formula is C16H11ClN4O5. The number of nitro groups is 1. The van der Waals surface area contributed by atoms with Gasteiger partial charge in [0.1, 0.15) is 5.69 Å². The zero-order chi connectivity index (χ0) is 18.7. The zero-order valence-corrected chi connectivity index (χ0v) is 14.1. The summed E-state index contributed by atoms with van der Waals surface area (Å²) < 4.78 is 10.7. The average Bonchev–Trinajstić information content (AvgIpc) is 3.12. The van der Waals surface area contributed by atoms with Crippen molar-refractivity contribution in [3.05, 3.63) is 69.3 Å². The van der Waals surface area contributed by atoms with Gasteiger partial charge in [0, 0.05) is 28.9 Å². The highest BCUT2D eigenvalue weighted by Crippen LogP contribution is 2.24. The molecule has 26 heavy (non-hydrogen) atoms. The third-order valence-electron chi connectivity index (χ3n) is 3.33. The predicted molar refractivity (Wildman–Crippen MR) is 89.5 cm³/mol. The molecule has 10 heteroatoms. The molecule has 2 heterocycles. The van der Waals surface area contributed by atoms with Gasteiger partial charge < -0.3 is 9.15 Å². The van der Waals surface area contributed by atoms with Crippen molar-refractivity contribution < 1.29 is 18.9 Å². The van der Waals surface area contributed by atoms with Gasteiger partial charge in [-0.15, -0.1) is 10.2 Å². The number of nitrogens with zero attached hydrogens (tertiary/aromatic N) is 4. The van der Waals surface area contributed by atoms with Crippen LogP contribution in [0, 0.1) is 10.1 Å². The fraction of sp³-hybridized carbons (Fsp3) is 0.125. The lowest BCUT2D eigenvalue weighted by molar-refractivity contribution is -0.384. The molecule has 0 aliphatic heterocycles. The van der Waals surface area contributed by atoms with E-state index in [1.165, 1.54) is 42.6 Å². The number of nitro benzene ring substituents is 1. The number of carbonyl (C=O) groups excluding carboxylic acids is 1. The fourth-order valence-electron chi connectivity index (χ4n) is 2.03. The van der Waals surface area contributed by atoms with E-state index in [9.17, 15) is 14.9 Å². The monoisotopic (exact) mass is 374 g/mol. The average molecular weight is 375 g/mol. The SMILES string of the molecule is C[C@H](OC(=O)c1cc(Cl)ccn1)c1nnc(-c2ccc([N+](=O)[O-])cc2)o1. The van der Waals surface area contributed by atoms with Crippen LogP contribution in [0.4, 0.5) is 5.69 Å². The Morgan fingerprint density at radius 2 is 2.00 bits per heavy atom. The number of non-ortho nitro benzene ring substituents is 1. The van der Waals surface area contributed by atoms with Crippen molar-refractivity contribution in [1.29, 1.82) is 0 Å². The minimum atomic E-state index is -0.817. The molecule has 3 rings (SSSR count). The van der Waals surface area contributed by atoms with Gasteiger partial charge in [0.2, 0.25) is 5.89 Å². The number of pyridine rings is 1. The Balaban J connectivity index is 1.72. The molecule has 0 spiro atoms. The molecule has 0 aliphatic rings. The predicted octanol–water partition coefficient (Wildman–Crippen LogP) is 3.61. The molecule has 132 valence electrons. The number of benzene rings is 1. The van der Waals surface area contributed by atoms with Crippen LogP contribution in [0.1, 0.15) is 29.4 Å². The Bertz CT molecular complexity index is 957. The Kier molecular flexibility index (Phi) is 4.90. The second-order valence-corrected chi connectivity index (χ2v) is 5.59. The molecule has 1 atom stereocenters. The summed E-state index contributed by atoms with van der Waals surface area (Å²) in [4.78, 5) is 26.1. The van der Waals surface area contributed by atoms with Crippen molar-refractivity contribution in [2.75, 3.05) is 0 Å². The summed E-state index contributed by atoms with van der Waals surface area (Å²) in [5, 5.41) is 18.7. The van der Waals surface area contributed by atoms with Crippen LogP contribution in [0.15, 0.2) is 47.0 Å². The third kappa shape index (κ3) is 3.83. The van der Waals surface area contributed by atoms with Crippen LogP contribution >= 0.6 is 11.6 Å². The number of rotatable bonds is 5. The normalized spacial score (nSPS) is 11.8. The molecule has 2 aromatic heterocycles. The molecule has 0 saturated heterocycles. The number of hydrogen-bond acceptors (Lipinski definition) is 8. The van der Waals surface area contributed by atoms with Crippen molar-refractivity contribution in [1.82, 2.24) is 15.2 Å². The molecule has 0 saturated carbocycles. The van der Waals surface area contributed by atoms with Crippen LogP contribution in [0.5, 0.6) is 0 Å². The number of esters is 1. The van der Waals surface area contributed by atoms with Gasteiger partial charge in [-0.3, -0.25) is 10.1 Å². The Labute approximate surface area is 151 Å². The van der Waals surface area contributed by atoms with E-state index in [-0.39, 0.29) is 23.2 Å². The first-order valence-electron chi connectivity index (χ1n) is 7.35. The van der Waals surface area contributed by atoms with Crippen molar-refractivity contribution in [2.24, 2.45) is 0 Å². The molecule has 1 aromatic carbocycles. The topological polar surface area (TPSA) is 121 Å². The van der Waals surface area contributed by atoms with Crippen LogP contribution in [0.2, 0.25) is 5.02 Å². The summed E-state index contributed by atoms with van der Waals surface area (Å²) in [6, 6.07) is 8.55. The van der Waals surface area contributed by atoms with Crippen molar-refractivity contribution in [3.8, 4) is 11.5 Å². The molecule has 0 amide bonds. The minimum Gasteiger partial charge on any atom is -0.448 e. The van der Waals surface area contributed by atoms with Crippen LogP contribution < -0.4 is 0 Å². The highest BCUT2D eigenvalue weighted by atomic mass is 35.5. The van der Waals surface area contributed by atoms with E-state index >= 15 is 0 Å². The van der Waals surface area contributed by atoms with Crippen molar-refractivity contribution in [3.63, 3.8) is 0 Å². The maximum absolute atomic E-state index is 12.1. The van der Waals surface area contributed by atoms with Crippen LogP contribution in [-0.4, -0.2) is 26.1 Å². The molecule has 0 N–H and O–H groups in total. The van der Waals surface area contributed by atoms with E-state index < -0.39 is 17.0 Å². The van der Waals surface area contributed by atoms with Gasteiger partial charge in [-0.25, -0.2) is 9.78 Å². The number of hydrogen-bond donors (Lipinski definition) is 0. The molecule has 0 unspecified atom stereocenters. The van der Waals surface area contributed by atoms with Crippen LogP contribution in [-0.2, 0) is 4.74 Å². The summed E-state index contributed by atoms with van der Waals surface area (Å²) in [5.41, 5.74) is 0.508. The summed E-state index contributed by atoms with van der Waals surface area (Å²) in [7, 11) is 0. The molecule has 3 aromatic rings. The van der Waals surface area contributed by atoms with Crippen molar-refractivity contribution >= 4 is 23.3 Å². The molecule has 0 radical (unpaired) electrons. The van der Waals surface area contributed by atoms with Crippen LogP contribution in [0.3, 0.4) is 0 Å². The molecule has 9 nitrogen and oxygen atoms in total. The van der Waals surface area contributed by atoms with Gasteiger partial charge in [0.05, 0.1) is 4.92 Å². The first-order valence-corrected chi connectivity index (χ1v) is 7.72. The Hall–Kier alpha value is -3.33. The summed E-state index contributed by atoms with van der Waals surface area (Å²) in [5.74, 6) is -0.456. The van der Waals surface area contributed by atoms with E-state index in [0.29, 0.717) is 10.6 Å². The largest absolute Gasteiger partial charge is 0.448 e. The van der Waals surface area contributed by atoms with E-state index in [2.05, 4.69) is 15.2 Å². The summed E-state index contributed by atoms with van der Waals surface area (Å²) >= 11 is 5.81. The Morgan fingerprint density at radius 3 is 2.65 bits per heavy atom. The van der Waals surface area contributed by atoms with Gasteiger partial charge >= 0.3 is 5.97 Å².